The quantitative estimate of drug-likeness (QED) is 0.728. The number of hydrogen-bond donors (Lipinski definition) is 1. The minimum atomic E-state index is -2.91. The number of aryl methyl sites for hydroxylation is 1. The average Bonchev–Trinajstić information content (AvgIpc) is 2.30. The van der Waals surface area contributed by atoms with Crippen molar-refractivity contribution in [1.29, 1.82) is 0 Å². The second-order valence-electron chi connectivity index (χ2n) is 4.43. The molecule has 0 saturated carbocycles. The molecule has 0 aliphatic carbocycles. The van der Waals surface area contributed by atoms with Gasteiger partial charge in [-0.1, -0.05) is 6.92 Å². The zero-order chi connectivity index (χ0) is 14.3. The largest absolute Gasteiger partial charge is 0.478 e. The van der Waals surface area contributed by atoms with E-state index in [-0.39, 0.29) is 5.75 Å². The Morgan fingerprint density at radius 2 is 2.11 bits per heavy atom. The van der Waals surface area contributed by atoms with Gasteiger partial charge in [-0.2, -0.15) is 4.98 Å². The number of hydrogen-bond acceptors (Lipinski definition) is 6. The highest BCUT2D eigenvalue weighted by Gasteiger charge is 2.04. The molecule has 1 heterocycles. The minimum Gasteiger partial charge on any atom is -0.478 e. The van der Waals surface area contributed by atoms with Crippen LogP contribution in [0.2, 0.25) is 0 Å². The van der Waals surface area contributed by atoms with Crippen molar-refractivity contribution in [2.75, 3.05) is 30.5 Å². The van der Waals surface area contributed by atoms with E-state index in [2.05, 4.69) is 15.3 Å². The molecule has 0 aliphatic rings. The van der Waals surface area contributed by atoms with Gasteiger partial charge >= 0.3 is 0 Å². The van der Waals surface area contributed by atoms with Crippen LogP contribution in [0.25, 0.3) is 0 Å². The lowest BCUT2D eigenvalue weighted by Gasteiger charge is -2.08. The van der Waals surface area contributed by atoms with Gasteiger partial charge in [-0.15, -0.1) is 0 Å². The maximum atomic E-state index is 11.0. The number of aromatic nitrogens is 2. The molecule has 0 spiro atoms. The molecule has 0 bridgehead atoms. The smallest absolute Gasteiger partial charge is 0.226 e. The Balaban J connectivity index is 2.51. The van der Waals surface area contributed by atoms with Gasteiger partial charge in [-0.05, 0) is 19.8 Å². The Morgan fingerprint density at radius 1 is 1.37 bits per heavy atom. The van der Waals surface area contributed by atoms with Crippen molar-refractivity contribution in [3.63, 3.8) is 0 Å². The normalized spacial score (nSPS) is 11.3. The Kier molecular flexibility index (Phi) is 6.01. The maximum Gasteiger partial charge on any atom is 0.226 e. The Morgan fingerprint density at radius 3 is 2.74 bits per heavy atom. The molecule has 6 nitrogen and oxygen atoms in total. The lowest BCUT2D eigenvalue weighted by molar-refractivity contribution is 0.305. The summed E-state index contributed by atoms with van der Waals surface area (Å²) in [5.41, 5.74) is 0.812. The van der Waals surface area contributed by atoms with Crippen LogP contribution in [0, 0.1) is 6.92 Å². The zero-order valence-corrected chi connectivity index (χ0v) is 12.5. The first kappa shape index (κ1) is 15.7. The highest BCUT2D eigenvalue weighted by Crippen LogP contribution is 2.12. The first-order valence-corrected chi connectivity index (χ1v) is 8.37. The van der Waals surface area contributed by atoms with Crippen molar-refractivity contribution in [3.8, 4) is 5.88 Å². The Hall–Kier alpha value is -1.37. The Labute approximate surface area is 114 Å². The Bertz CT molecular complexity index is 503. The maximum absolute atomic E-state index is 11.0. The van der Waals surface area contributed by atoms with Crippen molar-refractivity contribution in [1.82, 2.24) is 9.97 Å². The van der Waals surface area contributed by atoms with Crippen LogP contribution in [0.15, 0.2) is 6.07 Å². The van der Waals surface area contributed by atoms with Gasteiger partial charge in [-0.25, -0.2) is 13.4 Å². The third-order valence-electron chi connectivity index (χ3n) is 2.26. The fraction of sp³-hybridized carbons (Fsp3) is 0.667. The molecule has 0 unspecified atom stereocenters. The first-order valence-electron chi connectivity index (χ1n) is 6.31. The molecule has 0 amide bonds. The van der Waals surface area contributed by atoms with Gasteiger partial charge in [0.1, 0.15) is 9.84 Å². The van der Waals surface area contributed by atoms with Gasteiger partial charge in [0.2, 0.25) is 11.8 Å². The summed E-state index contributed by atoms with van der Waals surface area (Å²) in [5.74, 6) is 1.17. The fourth-order valence-electron chi connectivity index (χ4n) is 1.43. The van der Waals surface area contributed by atoms with Crippen LogP contribution in [0.3, 0.4) is 0 Å². The van der Waals surface area contributed by atoms with Gasteiger partial charge in [0.25, 0.3) is 0 Å². The number of ether oxygens (including phenoxy) is 1. The van der Waals surface area contributed by atoms with Crippen LogP contribution >= 0.6 is 0 Å². The van der Waals surface area contributed by atoms with E-state index in [4.69, 9.17) is 4.74 Å². The number of anilines is 1. The lowest BCUT2D eigenvalue weighted by Crippen LogP contribution is -2.12. The third kappa shape index (κ3) is 6.95. The molecule has 19 heavy (non-hydrogen) atoms. The molecule has 0 radical (unpaired) electrons. The first-order chi connectivity index (χ1) is 8.90. The van der Waals surface area contributed by atoms with E-state index in [0.29, 0.717) is 31.4 Å². The minimum absolute atomic E-state index is 0.158. The van der Waals surface area contributed by atoms with E-state index in [1.165, 1.54) is 6.26 Å². The molecule has 1 N–H and O–H groups in total. The summed E-state index contributed by atoms with van der Waals surface area (Å²) in [6.45, 7) is 5.02. The van der Waals surface area contributed by atoms with Crippen molar-refractivity contribution in [2.24, 2.45) is 0 Å². The highest BCUT2D eigenvalue weighted by atomic mass is 32.2. The number of nitrogens with one attached hydrogen (secondary N) is 1. The molecular formula is C12H21N3O3S. The van der Waals surface area contributed by atoms with Gasteiger partial charge in [0.05, 0.1) is 12.4 Å². The van der Waals surface area contributed by atoms with Crippen LogP contribution in [0.1, 0.15) is 25.5 Å². The molecule has 1 rings (SSSR count). The molecule has 0 fully saturated rings. The predicted octanol–water partition coefficient (Wildman–Crippen LogP) is 1.42. The molecule has 0 aliphatic heterocycles. The molecule has 0 atom stereocenters. The van der Waals surface area contributed by atoms with Crippen molar-refractivity contribution >= 4 is 15.8 Å². The second kappa shape index (κ2) is 7.28. The van der Waals surface area contributed by atoms with E-state index in [1.54, 1.807) is 6.07 Å². The third-order valence-corrected chi connectivity index (χ3v) is 3.29. The molecule has 1 aromatic rings. The molecular weight excluding hydrogens is 266 g/mol. The van der Waals surface area contributed by atoms with E-state index < -0.39 is 9.84 Å². The monoisotopic (exact) mass is 287 g/mol. The summed E-state index contributed by atoms with van der Waals surface area (Å²) in [4.78, 5) is 8.44. The fourth-order valence-corrected chi connectivity index (χ4v) is 2.10. The van der Waals surface area contributed by atoms with E-state index in [9.17, 15) is 8.42 Å². The summed E-state index contributed by atoms with van der Waals surface area (Å²) in [6, 6.07) is 1.78. The van der Waals surface area contributed by atoms with E-state index >= 15 is 0 Å². The average molecular weight is 287 g/mol. The van der Waals surface area contributed by atoms with Gasteiger partial charge in [0.15, 0.2) is 0 Å². The number of sulfone groups is 1. The van der Waals surface area contributed by atoms with Crippen LogP contribution in [0.4, 0.5) is 5.95 Å². The van der Waals surface area contributed by atoms with Crippen molar-refractivity contribution < 1.29 is 13.2 Å². The van der Waals surface area contributed by atoms with Crippen molar-refractivity contribution in [3.05, 3.63) is 11.8 Å². The number of nitrogens with zero attached hydrogens (tertiary/aromatic N) is 2. The van der Waals surface area contributed by atoms with Crippen LogP contribution < -0.4 is 10.1 Å². The van der Waals surface area contributed by atoms with Gasteiger partial charge in [-0.3, -0.25) is 0 Å². The zero-order valence-electron chi connectivity index (χ0n) is 11.6. The SMILES string of the molecule is CCCOc1cc(C)nc(NCCCS(C)(=O)=O)n1. The second-order valence-corrected chi connectivity index (χ2v) is 6.69. The molecule has 108 valence electrons. The molecule has 0 aromatic carbocycles. The molecule has 1 aromatic heterocycles. The van der Waals surface area contributed by atoms with E-state index in [0.717, 1.165) is 12.1 Å². The van der Waals surface area contributed by atoms with Crippen LogP contribution in [0.5, 0.6) is 5.88 Å². The van der Waals surface area contributed by atoms with Gasteiger partial charge in [0, 0.05) is 24.6 Å². The highest BCUT2D eigenvalue weighted by molar-refractivity contribution is 7.90. The molecule has 7 heteroatoms. The summed E-state index contributed by atoms with van der Waals surface area (Å²) in [7, 11) is -2.91. The summed E-state index contributed by atoms with van der Waals surface area (Å²) < 4.78 is 27.4. The summed E-state index contributed by atoms with van der Waals surface area (Å²) in [5, 5.41) is 3.01. The van der Waals surface area contributed by atoms with Crippen molar-refractivity contribution in [2.45, 2.75) is 26.7 Å². The lowest BCUT2D eigenvalue weighted by atomic mass is 10.4. The van der Waals surface area contributed by atoms with Crippen LogP contribution in [-0.2, 0) is 9.84 Å². The number of rotatable bonds is 8. The summed E-state index contributed by atoms with van der Waals surface area (Å²) >= 11 is 0. The predicted molar refractivity (Wildman–Crippen MR) is 75.4 cm³/mol. The van der Waals surface area contributed by atoms with Gasteiger partial charge < -0.3 is 10.1 Å². The summed E-state index contributed by atoms with van der Waals surface area (Å²) in [6.07, 6.45) is 2.67. The topological polar surface area (TPSA) is 81.2 Å². The van der Waals surface area contributed by atoms with Crippen LogP contribution in [-0.4, -0.2) is 43.5 Å². The van der Waals surface area contributed by atoms with E-state index in [1.807, 2.05) is 13.8 Å². The standard InChI is InChI=1S/C12H21N3O3S/c1-4-7-18-11-9-10(2)14-12(15-11)13-6-5-8-19(3,16)17/h9H,4-8H2,1-3H3,(H,13,14,15). The molecule has 0 saturated heterocycles.